The van der Waals surface area contributed by atoms with E-state index in [1.165, 1.54) is 6.26 Å². The Kier molecular flexibility index (Phi) is 5.42. The van der Waals surface area contributed by atoms with E-state index in [-0.39, 0.29) is 0 Å². The molecule has 2 unspecified atom stereocenters. The molecule has 1 aliphatic carbocycles. The summed E-state index contributed by atoms with van der Waals surface area (Å²) in [5, 5.41) is 0. The summed E-state index contributed by atoms with van der Waals surface area (Å²) in [5.41, 5.74) is 0. The highest BCUT2D eigenvalue weighted by Crippen LogP contribution is 2.38. The van der Waals surface area contributed by atoms with Gasteiger partial charge in [-0.05, 0) is 37.1 Å². The summed E-state index contributed by atoms with van der Waals surface area (Å²) in [4.78, 5) is 0.562. The zero-order valence-electron chi connectivity index (χ0n) is 9.92. The second kappa shape index (κ2) is 5.82. The van der Waals surface area contributed by atoms with Crippen molar-refractivity contribution in [3.63, 3.8) is 0 Å². The summed E-state index contributed by atoms with van der Waals surface area (Å²) in [7, 11) is -3.02. The molecule has 100 valence electrons. The molecule has 0 amide bonds. The quantitative estimate of drug-likeness (QED) is 0.574. The van der Waals surface area contributed by atoms with Gasteiger partial charge in [0.1, 0.15) is 0 Å². The second-order valence-electron chi connectivity index (χ2n) is 4.77. The molecule has 1 rings (SSSR count). The highest BCUT2D eigenvalue weighted by Gasteiger charge is 2.32. The van der Waals surface area contributed by atoms with Gasteiger partial charge in [-0.15, -0.1) is 33.2 Å². The lowest BCUT2D eigenvalue weighted by Gasteiger charge is -2.28. The number of hydrogen-bond donors (Lipinski definition) is 0. The molecule has 0 bridgehead atoms. The normalized spacial score (nSPS) is 24.3. The predicted octanol–water partition coefficient (Wildman–Crippen LogP) is 4.01. The van der Waals surface area contributed by atoms with Gasteiger partial charge >= 0.3 is 6.00 Å². The van der Waals surface area contributed by atoms with E-state index in [1.807, 2.05) is 6.08 Å². The fourth-order valence-corrected chi connectivity index (χ4v) is 6.36. The molecule has 1 aliphatic rings. The Morgan fingerprint density at radius 2 is 2.06 bits per heavy atom. The first-order valence-corrected chi connectivity index (χ1v) is 12.7. The van der Waals surface area contributed by atoms with Crippen LogP contribution < -0.4 is 0 Å². The van der Waals surface area contributed by atoms with Crippen molar-refractivity contribution in [3.05, 3.63) is 11.0 Å². The van der Waals surface area contributed by atoms with Crippen LogP contribution in [-0.2, 0) is 9.84 Å². The van der Waals surface area contributed by atoms with E-state index in [9.17, 15) is 8.42 Å². The molecule has 0 saturated heterocycles. The van der Waals surface area contributed by atoms with Crippen LogP contribution in [0.1, 0.15) is 26.2 Å². The van der Waals surface area contributed by atoms with Crippen molar-refractivity contribution in [2.24, 2.45) is 11.8 Å². The summed E-state index contributed by atoms with van der Waals surface area (Å²) in [5.74, 6) is 0.773. The molecule has 0 saturated carbocycles. The van der Waals surface area contributed by atoms with Gasteiger partial charge in [-0.25, -0.2) is 8.42 Å². The Morgan fingerprint density at radius 1 is 1.47 bits per heavy atom. The molecule has 0 spiro atoms. The van der Waals surface area contributed by atoms with Crippen molar-refractivity contribution in [3.8, 4) is 0 Å². The Morgan fingerprint density at radius 3 is 2.41 bits per heavy atom. The van der Waals surface area contributed by atoms with Gasteiger partial charge in [0.2, 0.25) is 0 Å². The fraction of sp³-hybridized carbons (Fsp3) is 0.800. The molecular weight excluding hydrogens is 319 g/mol. The molecule has 17 heavy (non-hydrogen) atoms. The lowest BCUT2D eigenvalue weighted by atomic mass is 9.85. The van der Waals surface area contributed by atoms with Crippen LogP contribution in [-0.4, -0.2) is 20.7 Å². The molecule has 0 aromatic rings. The first-order chi connectivity index (χ1) is 7.59. The van der Waals surface area contributed by atoms with Gasteiger partial charge in [0.15, 0.2) is 9.84 Å². The lowest BCUT2D eigenvalue weighted by Crippen LogP contribution is -2.22. The molecule has 0 aromatic carbocycles. The monoisotopic (exact) mass is 334 g/mol. The average Bonchev–Trinajstić information content (AvgIpc) is 2.14. The zero-order chi connectivity index (χ0) is 13.3. The molecule has 0 aromatic heterocycles. The summed E-state index contributed by atoms with van der Waals surface area (Å²) in [6.45, 7) is 2.08. The molecule has 2 atom stereocenters. The van der Waals surface area contributed by atoms with Crippen molar-refractivity contribution in [2.75, 3.05) is 6.26 Å². The molecular formula is C10H17Cl3O2SSi. The minimum absolute atomic E-state index is 0.339. The minimum Gasteiger partial charge on any atom is -0.224 e. The van der Waals surface area contributed by atoms with E-state index < -0.39 is 15.8 Å². The lowest BCUT2D eigenvalue weighted by molar-refractivity contribution is 0.352. The van der Waals surface area contributed by atoms with E-state index >= 15 is 0 Å². The van der Waals surface area contributed by atoms with Gasteiger partial charge in [0.25, 0.3) is 0 Å². The first-order valence-electron chi connectivity index (χ1n) is 5.55. The molecule has 0 N–H and O–H groups in total. The first kappa shape index (κ1) is 15.8. The Bertz CT molecular complexity index is 400. The molecule has 2 nitrogen and oxygen atoms in total. The van der Waals surface area contributed by atoms with Gasteiger partial charge in [-0.2, -0.15) is 0 Å². The number of halogens is 3. The van der Waals surface area contributed by atoms with Crippen LogP contribution in [0.3, 0.4) is 0 Å². The van der Waals surface area contributed by atoms with E-state index in [2.05, 4.69) is 6.92 Å². The fourth-order valence-electron chi connectivity index (χ4n) is 2.22. The standard InChI is InChI=1S/C10H17Cl3O2SSi/c1-8(7-17(11,12)13)9-3-5-10(6-4-9)16(2,14)15/h5,8-9H,3-4,6-7H2,1-2H3. The van der Waals surface area contributed by atoms with Crippen LogP contribution >= 0.6 is 33.2 Å². The van der Waals surface area contributed by atoms with Crippen molar-refractivity contribution >= 4 is 49.1 Å². The number of hydrogen-bond acceptors (Lipinski definition) is 2. The maximum Gasteiger partial charge on any atom is 0.341 e. The molecule has 7 heteroatoms. The Labute approximate surface area is 118 Å². The summed E-state index contributed by atoms with van der Waals surface area (Å²) >= 11 is 17.7. The number of allylic oxidation sites excluding steroid dienone is 2. The van der Waals surface area contributed by atoms with Gasteiger partial charge in [-0.1, -0.05) is 13.0 Å². The Balaban J connectivity index is 2.61. The molecule has 0 heterocycles. The van der Waals surface area contributed by atoms with Crippen LogP contribution in [0.15, 0.2) is 11.0 Å². The molecule has 0 radical (unpaired) electrons. The van der Waals surface area contributed by atoms with Crippen molar-refractivity contribution < 1.29 is 8.42 Å². The number of rotatable bonds is 4. The van der Waals surface area contributed by atoms with Crippen molar-refractivity contribution in [1.29, 1.82) is 0 Å². The van der Waals surface area contributed by atoms with Crippen LogP contribution in [0.2, 0.25) is 6.04 Å². The van der Waals surface area contributed by atoms with E-state index in [0.717, 1.165) is 12.8 Å². The van der Waals surface area contributed by atoms with Gasteiger partial charge < -0.3 is 0 Å². The summed E-state index contributed by atoms with van der Waals surface area (Å²) in [6.07, 6.45) is 5.36. The third kappa shape index (κ3) is 5.51. The van der Waals surface area contributed by atoms with Crippen LogP contribution in [0.5, 0.6) is 0 Å². The third-order valence-corrected chi connectivity index (χ3v) is 7.06. The van der Waals surface area contributed by atoms with Crippen molar-refractivity contribution in [2.45, 2.75) is 32.2 Å². The van der Waals surface area contributed by atoms with Crippen LogP contribution in [0, 0.1) is 11.8 Å². The highest BCUT2D eigenvalue weighted by molar-refractivity contribution is 7.94. The number of sulfone groups is 1. The van der Waals surface area contributed by atoms with Crippen LogP contribution in [0.25, 0.3) is 0 Å². The van der Waals surface area contributed by atoms with Gasteiger partial charge in [0.05, 0.1) is 0 Å². The average molecular weight is 336 g/mol. The Hall–Kier alpha value is 0.777. The van der Waals surface area contributed by atoms with Crippen molar-refractivity contribution in [1.82, 2.24) is 0 Å². The van der Waals surface area contributed by atoms with E-state index in [0.29, 0.717) is 29.2 Å². The maximum atomic E-state index is 11.4. The minimum atomic E-state index is -3.02. The smallest absolute Gasteiger partial charge is 0.224 e. The summed E-state index contributed by atoms with van der Waals surface area (Å²) < 4.78 is 22.7. The highest BCUT2D eigenvalue weighted by atomic mass is 35.8. The molecule has 0 fully saturated rings. The van der Waals surface area contributed by atoms with E-state index in [1.54, 1.807) is 0 Å². The zero-order valence-corrected chi connectivity index (χ0v) is 14.0. The van der Waals surface area contributed by atoms with Crippen LogP contribution in [0.4, 0.5) is 0 Å². The SMILES string of the molecule is CC(C[Si](Cl)(Cl)Cl)C1CC=C(S(C)(=O)=O)CC1. The maximum absolute atomic E-state index is 11.4. The van der Waals surface area contributed by atoms with Gasteiger partial charge in [-0.3, -0.25) is 0 Å². The largest absolute Gasteiger partial charge is 0.341 e. The topological polar surface area (TPSA) is 34.1 Å². The van der Waals surface area contributed by atoms with Gasteiger partial charge in [0, 0.05) is 11.2 Å². The predicted molar refractivity (Wildman–Crippen MR) is 77.6 cm³/mol. The summed E-state index contributed by atoms with van der Waals surface area (Å²) in [6, 6.07) is -1.94. The molecule has 0 aliphatic heterocycles. The second-order valence-corrected chi connectivity index (χ2v) is 16.0. The third-order valence-electron chi connectivity index (χ3n) is 3.24. The van der Waals surface area contributed by atoms with E-state index in [4.69, 9.17) is 33.2 Å².